The molecule has 0 spiro atoms. The summed E-state index contributed by atoms with van der Waals surface area (Å²) < 4.78 is 14.9. The lowest BCUT2D eigenvalue weighted by Crippen LogP contribution is -2.30. The van der Waals surface area contributed by atoms with Crippen molar-refractivity contribution < 1.29 is 9.18 Å². The first-order valence-electron chi connectivity index (χ1n) is 10.4. The predicted molar refractivity (Wildman–Crippen MR) is 131 cm³/mol. The van der Waals surface area contributed by atoms with Crippen LogP contribution in [-0.4, -0.2) is 27.7 Å². The summed E-state index contributed by atoms with van der Waals surface area (Å²) in [7, 11) is 1.88. The number of carbonyl (C=O) groups excluding carboxylic acids is 1. The Labute approximate surface area is 204 Å². The first-order valence-corrected chi connectivity index (χ1v) is 11.6. The maximum atomic E-state index is 14.0. The predicted octanol–water partition coefficient (Wildman–Crippen LogP) is 4.36. The van der Waals surface area contributed by atoms with Crippen molar-refractivity contribution in [2.24, 2.45) is 0 Å². The number of carbonyl (C=O) groups is 1. The van der Waals surface area contributed by atoms with Gasteiger partial charge in [0.05, 0.1) is 6.04 Å². The van der Waals surface area contributed by atoms with Crippen LogP contribution in [0.4, 0.5) is 4.39 Å². The molecule has 0 aliphatic rings. The van der Waals surface area contributed by atoms with Crippen molar-refractivity contribution in [3.63, 3.8) is 0 Å². The van der Waals surface area contributed by atoms with Crippen LogP contribution in [0.15, 0.2) is 65.6 Å². The van der Waals surface area contributed by atoms with Crippen LogP contribution in [-0.2, 0) is 6.54 Å². The zero-order valence-electron chi connectivity index (χ0n) is 18.4. The summed E-state index contributed by atoms with van der Waals surface area (Å²) in [5, 5.41) is 10.7. The van der Waals surface area contributed by atoms with Gasteiger partial charge in [-0.1, -0.05) is 17.7 Å². The van der Waals surface area contributed by atoms with E-state index in [0.29, 0.717) is 11.6 Å². The van der Waals surface area contributed by atoms with E-state index in [1.165, 1.54) is 30.5 Å². The molecule has 4 aromatic rings. The second-order valence-corrected chi connectivity index (χ2v) is 9.06. The summed E-state index contributed by atoms with van der Waals surface area (Å²) in [6.45, 7) is 2.56. The summed E-state index contributed by atoms with van der Waals surface area (Å²) in [6.07, 6.45) is 1.27. The number of benzene rings is 1. The number of aromatic nitrogens is 3. The molecule has 3 heterocycles. The zero-order chi connectivity index (χ0) is 24.2. The molecule has 0 saturated carbocycles. The Balaban J connectivity index is 1.55. The molecule has 1 amide bonds. The Morgan fingerprint density at radius 2 is 2.03 bits per heavy atom. The third-order valence-corrected chi connectivity index (χ3v) is 6.64. The monoisotopic (exact) mass is 497 g/mol. The number of nitrogens with one attached hydrogen (secondary N) is 2. The molecule has 7 nitrogen and oxygen atoms in total. The topological polar surface area (TPSA) is 88.9 Å². The minimum Gasteiger partial charge on any atom is -0.343 e. The Morgan fingerprint density at radius 1 is 1.21 bits per heavy atom. The summed E-state index contributed by atoms with van der Waals surface area (Å²) in [6, 6.07) is 14.7. The van der Waals surface area contributed by atoms with E-state index in [2.05, 4.69) is 20.7 Å². The van der Waals surface area contributed by atoms with E-state index in [4.69, 9.17) is 11.6 Å². The highest BCUT2D eigenvalue weighted by molar-refractivity contribution is 7.15. The van der Waals surface area contributed by atoms with Crippen LogP contribution in [0.2, 0.25) is 5.02 Å². The van der Waals surface area contributed by atoms with Crippen LogP contribution >= 0.6 is 22.9 Å². The van der Waals surface area contributed by atoms with Gasteiger partial charge in [0.2, 0.25) is 5.95 Å². The molecule has 0 unspecified atom stereocenters. The fourth-order valence-electron chi connectivity index (χ4n) is 3.44. The molecule has 3 aromatic heterocycles. The third kappa shape index (κ3) is 5.06. The Morgan fingerprint density at radius 3 is 2.79 bits per heavy atom. The van der Waals surface area contributed by atoms with E-state index >= 15 is 0 Å². The van der Waals surface area contributed by atoms with Gasteiger partial charge in [0.1, 0.15) is 11.4 Å². The lowest BCUT2D eigenvalue weighted by molar-refractivity contribution is 0.0933. The number of hydrogen-bond donors (Lipinski definition) is 2. The van der Waals surface area contributed by atoms with Gasteiger partial charge in [0, 0.05) is 33.6 Å². The molecule has 1 atom stereocenters. The van der Waals surface area contributed by atoms with E-state index in [-0.39, 0.29) is 17.4 Å². The zero-order valence-corrected chi connectivity index (χ0v) is 20.0. The standard InChI is InChI=1S/C24H21ClFN5O2S/c1-14(20-8-9-21(34-20)17-12-16(25)6-5-15(17)13-27-2)29-24(33)18-7-10-22(32)31(30-18)19-4-3-11-28-23(19)26/h3-12,14,27H,13H2,1-2H3,(H,29,33)/t14-/m1/s1. The number of amides is 1. The molecule has 0 aliphatic carbocycles. The second kappa shape index (κ2) is 10.3. The fraction of sp³-hybridized carbons (Fsp3) is 0.167. The molecule has 0 fully saturated rings. The number of nitrogens with zero attached hydrogens (tertiary/aromatic N) is 3. The lowest BCUT2D eigenvalue weighted by atomic mass is 10.1. The molecule has 10 heteroatoms. The number of halogens is 2. The molecule has 0 aliphatic heterocycles. The van der Waals surface area contributed by atoms with Gasteiger partial charge in [0.25, 0.3) is 11.5 Å². The number of pyridine rings is 1. The number of thiophene rings is 1. The van der Waals surface area contributed by atoms with Crippen LogP contribution in [0.3, 0.4) is 0 Å². The van der Waals surface area contributed by atoms with Crippen LogP contribution in [0.1, 0.15) is 33.9 Å². The van der Waals surface area contributed by atoms with Crippen molar-refractivity contribution in [3.8, 4) is 16.1 Å². The minimum absolute atomic E-state index is 0.0161. The van der Waals surface area contributed by atoms with Crippen molar-refractivity contribution in [3.05, 3.63) is 98.3 Å². The van der Waals surface area contributed by atoms with Crippen LogP contribution in [0, 0.1) is 5.95 Å². The highest BCUT2D eigenvalue weighted by Crippen LogP contribution is 2.35. The van der Waals surface area contributed by atoms with E-state index in [0.717, 1.165) is 25.6 Å². The SMILES string of the molecule is CNCc1ccc(Cl)cc1-c1ccc([C@@H](C)NC(=O)c2ccc(=O)n(-c3cccnc3F)n2)s1. The van der Waals surface area contributed by atoms with E-state index in [1.807, 2.05) is 44.3 Å². The molecule has 34 heavy (non-hydrogen) atoms. The van der Waals surface area contributed by atoms with Gasteiger partial charge in [-0.15, -0.1) is 11.3 Å². The quantitative estimate of drug-likeness (QED) is 0.370. The van der Waals surface area contributed by atoms with Gasteiger partial charge in [-0.25, -0.2) is 4.98 Å². The molecule has 4 rings (SSSR count). The lowest BCUT2D eigenvalue weighted by Gasteiger charge is -2.13. The van der Waals surface area contributed by atoms with E-state index in [1.54, 1.807) is 11.3 Å². The number of hydrogen-bond acceptors (Lipinski definition) is 6. The average Bonchev–Trinajstić information content (AvgIpc) is 3.31. The first kappa shape index (κ1) is 23.7. The summed E-state index contributed by atoms with van der Waals surface area (Å²) >= 11 is 7.77. The van der Waals surface area contributed by atoms with Crippen molar-refractivity contribution >= 4 is 28.8 Å². The maximum absolute atomic E-state index is 14.0. The molecule has 1 aromatic carbocycles. The van der Waals surface area contributed by atoms with Gasteiger partial charge in [0.15, 0.2) is 0 Å². The highest BCUT2D eigenvalue weighted by Gasteiger charge is 2.18. The van der Waals surface area contributed by atoms with Crippen molar-refractivity contribution in [1.29, 1.82) is 0 Å². The second-order valence-electron chi connectivity index (χ2n) is 7.51. The molecule has 174 valence electrons. The molecule has 0 saturated heterocycles. The van der Waals surface area contributed by atoms with Crippen LogP contribution in [0.5, 0.6) is 0 Å². The Hall–Kier alpha value is -3.40. The van der Waals surface area contributed by atoms with Crippen LogP contribution < -0.4 is 16.2 Å². The van der Waals surface area contributed by atoms with Crippen LogP contribution in [0.25, 0.3) is 16.1 Å². The van der Waals surface area contributed by atoms with Crippen molar-refractivity contribution in [2.45, 2.75) is 19.5 Å². The Kier molecular flexibility index (Phi) is 7.16. The minimum atomic E-state index is -0.854. The van der Waals surface area contributed by atoms with Crippen molar-refractivity contribution in [1.82, 2.24) is 25.4 Å². The normalized spacial score (nSPS) is 11.9. The largest absolute Gasteiger partial charge is 0.343 e. The highest BCUT2D eigenvalue weighted by atomic mass is 35.5. The van der Waals surface area contributed by atoms with Crippen molar-refractivity contribution in [2.75, 3.05) is 7.05 Å². The third-order valence-electron chi connectivity index (χ3n) is 5.11. The van der Waals surface area contributed by atoms with Gasteiger partial charge in [-0.2, -0.15) is 14.2 Å². The van der Waals surface area contributed by atoms with Gasteiger partial charge >= 0.3 is 0 Å². The molecular formula is C24H21ClFN5O2S. The van der Waals surface area contributed by atoms with E-state index in [9.17, 15) is 14.0 Å². The summed E-state index contributed by atoms with van der Waals surface area (Å²) in [5.41, 5.74) is 1.43. The smallest absolute Gasteiger partial charge is 0.272 e. The average molecular weight is 498 g/mol. The first-order chi connectivity index (χ1) is 16.4. The fourth-order valence-corrected chi connectivity index (χ4v) is 4.67. The van der Waals surface area contributed by atoms with Gasteiger partial charge in [-0.3, -0.25) is 9.59 Å². The molecule has 0 radical (unpaired) electrons. The summed E-state index contributed by atoms with van der Waals surface area (Å²) in [5.74, 6) is -1.34. The molecular weight excluding hydrogens is 477 g/mol. The molecule has 0 bridgehead atoms. The maximum Gasteiger partial charge on any atom is 0.272 e. The molecule has 2 N–H and O–H groups in total. The van der Waals surface area contributed by atoms with E-state index < -0.39 is 17.4 Å². The Bertz CT molecular complexity index is 1400. The van der Waals surface area contributed by atoms with Gasteiger partial charge in [-0.05, 0) is 67.6 Å². The number of rotatable bonds is 7. The van der Waals surface area contributed by atoms with Gasteiger partial charge < -0.3 is 10.6 Å². The summed E-state index contributed by atoms with van der Waals surface area (Å²) in [4.78, 5) is 30.5.